The molecule has 156 valence electrons. The molecule has 0 atom stereocenters. The van der Waals surface area contributed by atoms with Crippen LogP contribution in [0.15, 0.2) is 49.2 Å². The fraction of sp³-hybridized carbons (Fsp3) is 0. The van der Waals surface area contributed by atoms with Gasteiger partial charge in [-0.1, -0.05) is 0 Å². The second-order valence-electron chi connectivity index (χ2n) is 7.06. The summed E-state index contributed by atoms with van der Waals surface area (Å²) in [6.07, 6.45) is 7.69. The number of nitrogens with one attached hydrogen (secondary N) is 2. The Morgan fingerprint density at radius 1 is 0.938 bits per heavy atom. The first-order valence-electron chi connectivity index (χ1n) is 9.42. The van der Waals surface area contributed by atoms with E-state index in [2.05, 4.69) is 35.1 Å². The van der Waals surface area contributed by atoms with Crippen molar-refractivity contribution < 1.29 is 8.78 Å². The average Bonchev–Trinajstić information content (AvgIpc) is 3.51. The van der Waals surface area contributed by atoms with Crippen LogP contribution < -0.4 is 5.73 Å². The number of nitrogens with zero attached hydrogens (tertiary/aromatic N) is 5. The second-order valence-corrected chi connectivity index (χ2v) is 8.09. The minimum atomic E-state index is -0.571. The van der Waals surface area contributed by atoms with Crippen LogP contribution in [0.1, 0.15) is 0 Å². The van der Waals surface area contributed by atoms with Gasteiger partial charge in [0.05, 0.1) is 34.5 Å². The number of pyridine rings is 3. The second kappa shape index (κ2) is 6.89. The number of aromatic nitrogens is 7. The zero-order valence-corrected chi connectivity index (χ0v) is 16.9. The molecule has 0 amide bonds. The van der Waals surface area contributed by atoms with Crippen LogP contribution in [0.3, 0.4) is 0 Å². The first-order valence-corrected chi connectivity index (χ1v) is 10.2. The molecule has 6 aromatic rings. The number of fused-ring (bicyclic) bond motifs is 2. The van der Waals surface area contributed by atoms with E-state index in [1.54, 1.807) is 24.5 Å². The highest BCUT2D eigenvalue weighted by Gasteiger charge is 2.21. The molecule has 6 heterocycles. The number of thiophene rings is 1. The summed E-state index contributed by atoms with van der Waals surface area (Å²) in [5, 5.41) is 6.99. The van der Waals surface area contributed by atoms with E-state index < -0.39 is 5.82 Å². The molecule has 11 heteroatoms. The number of imidazole rings is 1. The minimum absolute atomic E-state index is 0.104. The maximum atomic E-state index is 15.6. The zero-order chi connectivity index (χ0) is 21.8. The van der Waals surface area contributed by atoms with Crippen molar-refractivity contribution in [2.45, 2.75) is 0 Å². The summed E-state index contributed by atoms with van der Waals surface area (Å²) in [4.78, 5) is 20.9. The van der Waals surface area contributed by atoms with E-state index in [4.69, 9.17) is 5.73 Å². The van der Waals surface area contributed by atoms with Crippen LogP contribution in [-0.4, -0.2) is 35.1 Å². The Hall–Kier alpha value is -4.25. The van der Waals surface area contributed by atoms with E-state index in [-0.39, 0.29) is 21.9 Å². The smallest absolute Gasteiger partial charge is 0.176 e. The van der Waals surface area contributed by atoms with E-state index >= 15 is 4.39 Å². The van der Waals surface area contributed by atoms with Gasteiger partial charge in [0.2, 0.25) is 0 Å². The Labute approximate surface area is 182 Å². The van der Waals surface area contributed by atoms with Crippen molar-refractivity contribution in [1.82, 2.24) is 35.1 Å². The van der Waals surface area contributed by atoms with Gasteiger partial charge in [-0.3, -0.25) is 20.1 Å². The molecule has 0 saturated heterocycles. The predicted molar refractivity (Wildman–Crippen MR) is 118 cm³/mol. The molecule has 6 aromatic heterocycles. The van der Waals surface area contributed by atoms with E-state index in [1.165, 1.54) is 24.7 Å². The monoisotopic (exact) mass is 446 g/mol. The third kappa shape index (κ3) is 2.82. The number of hydrogen-bond acceptors (Lipinski definition) is 7. The normalized spacial score (nSPS) is 11.6. The Bertz CT molecular complexity index is 1630. The van der Waals surface area contributed by atoms with Crippen molar-refractivity contribution in [3.05, 3.63) is 60.1 Å². The first kappa shape index (κ1) is 18.5. The lowest BCUT2D eigenvalue weighted by Crippen LogP contribution is -1.94. The summed E-state index contributed by atoms with van der Waals surface area (Å²) < 4.78 is 29.1. The van der Waals surface area contributed by atoms with Crippen molar-refractivity contribution in [2.24, 2.45) is 0 Å². The molecule has 0 aliphatic heterocycles. The largest absolute Gasteiger partial charge is 0.397 e. The first-order chi connectivity index (χ1) is 15.6. The molecule has 0 aromatic carbocycles. The Morgan fingerprint density at radius 3 is 2.62 bits per heavy atom. The molecule has 4 N–H and O–H groups in total. The topological polar surface area (TPSA) is 122 Å². The van der Waals surface area contributed by atoms with Crippen molar-refractivity contribution in [3.63, 3.8) is 0 Å². The molecular formula is C21H12F2N8S. The standard InChI is InChI=1S/C21H12F2N8S/c22-15-2-1-14(32-15)11-6-26-7-13-19(11)29-21(28-13)20-16-12(30-31-20)8-27-18(17(16)23)9-3-10(24)5-25-4-9/h1-8H,24H2,(H,28,29)(H,30,31). The number of rotatable bonds is 3. The van der Waals surface area contributed by atoms with Crippen molar-refractivity contribution in [2.75, 3.05) is 5.73 Å². The molecule has 0 spiro atoms. The lowest BCUT2D eigenvalue weighted by atomic mass is 10.1. The molecular weight excluding hydrogens is 434 g/mol. The van der Waals surface area contributed by atoms with Gasteiger partial charge in [-0.15, -0.1) is 11.3 Å². The highest BCUT2D eigenvalue weighted by molar-refractivity contribution is 7.14. The molecule has 0 aliphatic rings. The number of anilines is 1. The van der Waals surface area contributed by atoms with Crippen LogP contribution >= 0.6 is 11.3 Å². The van der Waals surface area contributed by atoms with Gasteiger partial charge in [0.1, 0.15) is 16.9 Å². The highest BCUT2D eigenvalue weighted by Crippen LogP contribution is 2.35. The maximum absolute atomic E-state index is 15.6. The molecule has 0 fully saturated rings. The molecule has 6 rings (SSSR count). The summed E-state index contributed by atoms with van der Waals surface area (Å²) in [6, 6.07) is 4.66. The van der Waals surface area contributed by atoms with E-state index in [9.17, 15) is 4.39 Å². The Morgan fingerprint density at radius 2 is 1.81 bits per heavy atom. The predicted octanol–water partition coefficient (Wildman–Crippen LogP) is 4.55. The van der Waals surface area contributed by atoms with Gasteiger partial charge in [0, 0.05) is 34.6 Å². The van der Waals surface area contributed by atoms with Gasteiger partial charge in [0.15, 0.2) is 16.8 Å². The number of nitrogens with two attached hydrogens (primary N) is 1. The molecule has 8 nitrogen and oxygen atoms in total. The zero-order valence-electron chi connectivity index (χ0n) is 16.1. The summed E-state index contributed by atoms with van der Waals surface area (Å²) in [7, 11) is 0. The van der Waals surface area contributed by atoms with Crippen LogP contribution in [0.25, 0.3) is 55.2 Å². The van der Waals surface area contributed by atoms with Crippen LogP contribution in [0, 0.1) is 10.9 Å². The molecule has 0 saturated carbocycles. The van der Waals surface area contributed by atoms with Gasteiger partial charge < -0.3 is 10.7 Å². The minimum Gasteiger partial charge on any atom is -0.397 e. The molecule has 0 bridgehead atoms. The van der Waals surface area contributed by atoms with Gasteiger partial charge in [-0.2, -0.15) is 9.49 Å². The molecule has 0 unspecified atom stereocenters. The van der Waals surface area contributed by atoms with E-state index in [0.29, 0.717) is 44.1 Å². The van der Waals surface area contributed by atoms with Crippen LogP contribution in [0.4, 0.5) is 14.5 Å². The van der Waals surface area contributed by atoms with Crippen LogP contribution in [0.5, 0.6) is 0 Å². The third-order valence-corrected chi connectivity index (χ3v) is 5.94. The van der Waals surface area contributed by atoms with Gasteiger partial charge in [-0.05, 0) is 18.2 Å². The third-order valence-electron chi connectivity index (χ3n) is 5.03. The van der Waals surface area contributed by atoms with Crippen molar-refractivity contribution in [3.8, 4) is 33.2 Å². The summed E-state index contributed by atoms with van der Waals surface area (Å²) >= 11 is 1.00. The van der Waals surface area contributed by atoms with E-state index in [0.717, 1.165) is 11.3 Å². The molecule has 32 heavy (non-hydrogen) atoms. The Kier molecular flexibility index (Phi) is 3.98. The van der Waals surface area contributed by atoms with Crippen LogP contribution in [-0.2, 0) is 0 Å². The van der Waals surface area contributed by atoms with Gasteiger partial charge in [0.25, 0.3) is 0 Å². The number of hydrogen-bond donors (Lipinski definition) is 3. The van der Waals surface area contributed by atoms with Crippen molar-refractivity contribution >= 4 is 39.0 Å². The highest BCUT2D eigenvalue weighted by atomic mass is 32.1. The Balaban J connectivity index is 1.55. The van der Waals surface area contributed by atoms with Crippen LogP contribution in [0.2, 0.25) is 0 Å². The lowest BCUT2D eigenvalue weighted by Gasteiger charge is -2.04. The van der Waals surface area contributed by atoms with Gasteiger partial charge >= 0.3 is 0 Å². The van der Waals surface area contributed by atoms with E-state index in [1.807, 2.05) is 0 Å². The SMILES string of the molecule is Nc1cncc(-c2ncc3[nH]nc(-c4nc5c(-c6ccc(F)s6)cncc5[nH]4)c3c2F)c1. The quantitative estimate of drug-likeness (QED) is 0.367. The average molecular weight is 446 g/mol. The van der Waals surface area contributed by atoms with Gasteiger partial charge in [-0.25, -0.2) is 9.37 Å². The number of H-pyrrole nitrogens is 2. The maximum Gasteiger partial charge on any atom is 0.176 e. The lowest BCUT2D eigenvalue weighted by molar-refractivity contribution is 0.638. The van der Waals surface area contributed by atoms with Crippen molar-refractivity contribution in [1.29, 1.82) is 0 Å². The number of halogens is 2. The number of nitrogen functional groups attached to an aromatic ring is 1. The molecule has 0 aliphatic carbocycles. The summed E-state index contributed by atoms with van der Waals surface area (Å²) in [6.45, 7) is 0. The fourth-order valence-electron chi connectivity index (χ4n) is 3.62. The number of aromatic amines is 2. The molecule has 0 radical (unpaired) electrons. The summed E-state index contributed by atoms with van der Waals surface area (Å²) in [5.41, 5.74) is 9.33. The fourth-order valence-corrected chi connectivity index (χ4v) is 4.36. The summed E-state index contributed by atoms with van der Waals surface area (Å²) in [5.74, 6) is -0.225.